The second-order valence-electron chi connectivity index (χ2n) is 3.11. The Morgan fingerprint density at radius 2 is 2.23 bits per heavy atom. The summed E-state index contributed by atoms with van der Waals surface area (Å²) in [6.07, 6.45) is 5.64. The quantitative estimate of drug-likeness (QED) is 0.722. The molecule has 1 aromatic heterocycles. The Balaban J connectivity index is 1.90. The average molecular weight is 179 g/mol. The fourth-order valence-electron chi connectivity index (χ4n) is 1.43. The number of hydrogen-bond donors (Lipinski definition) is 1. The number of nitrogens with zero attached hydrogens (tertiary/aromatic N) is 2. The molecule has 1 aromatic rings. The molecular weight excluding hydrogens is 166 g/mol. The molecule has 0 bridgehead atoms. The van der Waals surface area contributed by atoms with Gasteiger partial charge in [-0.2, -0.15) is 0 Å². The van der Waals surface area contributed by atoms with Gasteiger partial charge >= 0.3 is 0 Å². The van der Waals surface area contributed by atoms with E-state index < -0.39 is 0 Å². The molecule has 1 aliphatic heterocycles. The second kappa shape index (κ2) is 4.18. The molecule has 13 heavy (non-hydrogen) atoms. The zero-order chi connectivity index (χ0) is 8.93. The summed E-state index contributed by atoms with van der Waals surface area (Å²) in [6, 6.07) is 1.79. The van der Waals surface area contributed by atoms with Gasteiger partial charge in [0.05, 0.1) is 0 Å². The molecular formula is C9H13N3O. The SMILES string of the molecule is c1cc(OC2CCNCC2)ncn1. The van der Waals surface area contributed by atoms with E-state index in [4.69, 9.17) is 4.74 Å². The van der Waals surface area contributed by atoms with Crippen molar-refractivity contribution in [2.45, 2.75) is 18.9 Å². The van der Waals surface area contributed by atoms with Gasteiger partial charge in [-0.3, -0.25) is 0 Å². The molecule has 4 nitrogen and oxygen atoms in total. The number of piperidine rings is 1. The van der Waals surface area contributed by atoms with E-state index in [0.29, 0.717) is 12.0 Å². The number of hydrogen-bond acceptors (Lipinski definition) is 4. The first-order chi connectivity index (χ1) is 6.45. The summed E-state index contributed by atoms with van der Waals surface area (Å²) in [6.45, 7) is 2.07. The normalized spacial score (nSPS) is 18.5. The maximum Gasteiger partial charge on any atom is 0.216 e. The van der Waals surface area contributed by atoms with Crippen LogP contribution in [0.15, 0.2) is 18.6 Å². The van der Waals surface area contributed by atoms with E-state index in [9.17, 15) is 0 Å². The van der Waals surface area contributed by atoms with E-state index in [2.05, 4.69) is 15.3 Å². The van der Waals surface area contributed by atoms with Gasteiger partial charge in [0.25, 0.3) is 0 Å². The Bertz CT molecular complexity index is 246. The third-order valence-electron chi connectivity index (χ3n) is 2.13. The van der Waals surface area contributed by atoms with Crippen molar-refractivity contribution < 1.29 is 4.74 Å². The smallest absolute Gasteiger partial charge is 0.216 e. The molecule has 2 rings (SSSR count). The predicted octanol–water partition coefficient (Wildman–Crippen LogP) is 0.607. The van der Waals surface area contributed by atoms with Crippen LogP contribution in [0.2, 0.25) is 0 Å². The Morgan fingerprint density at radius 3 is 2.92 bits per heavy atom. The summed E-state index contributed by atoms with van der Waals surface area (Å²) in [5, 5.41) is 3.29. The van der Waals surface area contributed by atoms with Gasteiger partial charge in [-0.1, -0.05) is 0 Å². The monoisotopic (exact) mass is 179 g/mol. The first-order valence-electron chi connectivity index (χ1n) is 4.58. The van der Waals surface area contributed by atoms with Crippen molar-refractivity contribution >= 4 is 0 Å². The van der Waals surface area contributed by atoms with Crippen molar-refractivity contribution in [1.29, 1.82) is 0 Å². The van der Waals surface area contributed by atoms with Crippen LogP contribution in [0.1, 0.15) is 12.8 Å². The number of aromatic nitrogens is 2. The minimum atomic E-state index is 0.316. The summed E-state index contributed by atoms with van der Waals surface area (Å²) < 4.78 is 5.66. The minimum Gasteiger partial charge on any atom is -0.474 e. The van der Waals surface area contributed by atoms with Gasteiger partial charge in [-0.05, 0) is 25.9 Å². The third kappa shape index (κ3) is 2.39. The third-order valence-corrected chi connectivity index (χ3v) is 2.13. The largest absolute Gasteiger partial charge is 0.474 e. The number of ether oxygens (including phenoxy) is 1. The van der Waals surface area contributed by atoms with E-state index in [0.717, 1.165) is 25.9 Å². The molecule has 0 saturated carbocycles. The second-order valence-corrected chi connectivity index (χ2v) is 3.11. The van der Waals surface area contributed by atoms with E-state index in [1.165, 1.54) is 6.33 Å². The summed E-state index contributed by atoms with van der Waals surface area (Å²) >= 11 is 0. The summed E-state index contributed by atoms with van der Waals surface area (Å²) in [4.78, 5) is 7.85. The highest BCUT2D eigenvalue weighted by Gasteiger charge is 2.14. The highest BCUT2D eigenvalue weighted by atomic mass is 16.5. The van der Waals surface area contributed by atoms with Crippen LogP contribution in [0.25, 0.3) is 0 Å². The lowest BCUT2D eigenvalue weighted by Gasteiger charge is -2.22. The molecule has 0 aromatic carbocycles. The van der Waals surface area contributed by atoms with Crippen molar-refractivity contribution in [3.8, 4) is 5.88 Å². The molecule has 70 valence electrons. The zero-order valence-corrected chi connectivity index (χ0v) is 7.44. The zero-order valence-electron chi connectivity index (χ0n) is 7.44. The van der Waals surface area contributed by atoms with Gasteiger partial charge in [0, 0.05) is 12.3 Å². The summed E-state index contributed by atoms with van der Waals surface area (Å²) in [5.41, 5.74) is 0. The van der Waals surface area contributed by atoms with Crippen molar-refractivity contribution in [3.05, 3.63) is 18.6 Å². The van der Waals surface area contributed by atoms with Crippen LogP contribution in [0, 0.1) is 0 Å². The lowest BCUT2D eigenvalue weighted by molar-refractivity contribution is 0.155. The lowest BCUT2D eigenvalue weighted by atomic mass is 10.1. The van der Waals surface area contributed by atoms with E-state index in [-0.39, 0.29) is 0 Å². The molecule has 4 heteroatoms. The number of rotatable bonds is 2. The van der Waals surface area contributed by atoms with Crippen LogP contribution in [-0.4, -0.2) is 29.2 Å². The van der Waals surface area contributed by atoms with Crippen molar-refractivity contribution in [1.82, 2.24) is 15.3 Å². The van der Waals surface area contributed by atoms with Gasteiger partial charge in [0.1, 0.15) is 12.4 Å². The first kappa shape index (κ1) is 8.44. The molecule has 1 aliphatic rings. The first-order valence-corrected chi connectivity index (χ1v) is 4.58. The lowest BCUT2D eigenvalue weighted by Crippen LogP contribution is -2.34. The van der Waals surface area contributed by atoms with E-state index >= 15 is 0 Å². The Morgan fingerprint density at radius 1 is 1.38 bits per heavy atom. The topological polar surface area (TPSA) is 47.0 Å². The van der Waals surface area contributed by atoms with Crippen LogP contribution < -0.4 is 10.1 Å². The summed E-state index contributed by atoms with van der Waals surface area (Å²) in [5.74, 6) is 0.682. The molecule has 1 N–H and O–H groups in total. The molecule has 2 heterocycles. The van der Waals surface area contributed by atoms with Gasteiger partial charge < -0.3 is 10.1 Å². The van der Waals surface area contributed by atoms with Crippen molar-refractivity contribution in [2.24, 2.45) is 0 Å². The predicted molar refractivity (Wildman–Crippen MR) is 48.6 cm³/mol. The maximum absolute atomic E-state index is 5.66. The van der Waals surface area contributed by atoms with Crippen LogP contribution in [-0.2, 0) is 0 Å². The van der Waals surface area contributed by atoms with Gasteiger partial charge in [0.2, 0.25) is 5.88 Å². The highest BCUT2D eigenvalue weighted by Crippen LogP contribution is 2.11. The van der Waals surface area contributed by atoms with Gasteiger partial charge in [-0.25, -0.2) is 9.97 Å². The Labute approximate surface area is 77.4 Å². The van der Waals surface area contributed by atoms with Crippen molar-refractivity contribution in [3.63, 3.8) is 0 Å². The molecule has 0 spiro atoms. The van der Waals surface area contributed by atoms with E-state index in [1.807, 2.05) is 0 Å². The fourth-order valence-corrected chi connectivity index (χ4v) is 1.43. The summed E-state index contributed by atoms with van der Waals surface area (Å²) in [7, 11) is 0. The maximum atomic E-state index is 5.66. The molecule has 0 atom stereocenters. The fraction of sp³-hybridized carbons (Fsp3) is 0.556. The van der Waals surface area contributed by atoms with Crippen LogP contribution in [0.3, 0.4) is 0 Å². The minimum absolute atomic E-state index is 0.316. The number of nitrogens with one attached hydrogen (secondary N) is 1. The molecule has 1 fully saturated rings. The van der Waals surface area contributed by atoms with E-state index in [1.54, 1.807) is 12.3 Å². The molecule has 0 unspecified atom stereocenters. The molecule has 0 amide bonds. The van der Waals surface area contributed by atoms with Crippen LogP contribution >= 0.6 is 0 Å². The van der Waals surface area contributed by atoms with Crippen LogP contribution in [0.4, 0.5) is 0 Å². The molecule has 0 radical (unpaired) electrons. The van der Waals surface area contributed by atoms with Gasteiger partial charge in [-0.15, -0.1) is 0 Å². The highest BCUT2D eigenvalue weighted by molar-refractivity contribution is 5.05. The van der Waals surface area contributed by atoms with Gasteiger partial charge in [0.15, 0.2) is 0 Å². The Hall–Kier alpha value is -1.16. The average Bonchev–Trinajstić information content (AvgIpc) is 2.21. The Kier molecular flexibility index (Phi) is 2.72. The van der Waals surface area contributed by atoms with Crippen molar-refractivity contribution in [2.75, 3.05) is 13.1 Å². The standard InChI is InChI=1S/C9H13N3O/c1-4-10-5-2-8(1)13-9-3-6-11-7-12-9/h3,6-8,10H,1-2,4-5H2. The molecule has 0 aliphatic carbocycles. The molecule has 1 saturated heterocycles. The van der Waals surface area contributed by atoms with Crippen LogP contribution in [0.5, 0.6) is 5.88 Å².